The molecule has 1 aliphatic rings. The van der Waals surface area contributed by atoms with E-state index in [9.17, 15) is 24.6 Å². The van der Waals surface area contributed by atoms with Gasteiger partial charge in [0.1, 0.15) is 22.9 Å². The standard InChI is InChI=1S/C39H29N9O7/c1-20-17-30(32(55-2)19-29(20)44-42-27-7-3-5-21-6-4-8-31(49)33(21)27)45-43-28-16-11-23-18-24(12-15-26(23)36(28)50)41-46-35-34(37(40)51)47-48(38(35)52)25-13-9-22(10-14-25)39(53)54/h3-19,35,49-50H,1-2H3,(H2,40,51)(H,53,54). The molecule has 0 radical (unpaired) electrons. The highest BCUT2D eigenvalue weighted by Crippen LogP contribution is 2.41. The van der Waals surface area contributed by atoms with Crippen molar-refractivity contribution in [2.24, 2.45) is 41.5 Å². The third kappa shape index (κ3) is 7.02. The summed E-state index contributed by atoms with van der Waals surface area (Å²) >= 11 is 0. The van der Waals surface area contributed by atoms with E-state index in [0.29, 0.717) is 44.7 Å². The molecule has 16 heteroatoms. The Morgan fingerprint density at radius 2 is 1.49 bits per heavy atom. The molecule has 0 saturated heterocycles. The van der Waals surface area contributed by atoms with Crippen molar-refractivity contribution in [1.82, 2.24) is 0 Å². The van der Waals surface area contributed by atoms with Gasteiger partial charge in [-0.1, -0.05) is 30.3 Å². The molecule has 6 aromatic rings. The van der Waals surface area contributed by atoms with E-state index in [1.54, 1.807) is 60.7 Å². The number of methoxy groups -OCH3 is 1. The molecule has 16 nitrogen and oxygen atoms in total. The first-order valence-electron chi connectivity index (χ1n) is 16.5. The van der Waals surface area contributed by atoms with Crippen LogP contribution in [-0.4, -0.2) is 52.0 Å². The van der Waals surface area contributed by atoms with E-state index in [-0.39, 0.29) is 34.1 Å². The minimum Gasteiger partial charge on any atom is -0.507 e. The van der Waals surface area contributed by atoms with E-state index < -0.39 is 23.8 Å². The van der Waals surface area contributed by atoms with Crippen molar-refractivity contribution in [2.45, 2.75) is 13.0 Å². The molecular weight excluding hydrogens is 706 g/mol. The molecule has 7 rings (SSSR count). The number of anilines is 1. The first-order valence-corrected chi connectivity index (χ1v) is 16.5. The van der Waals surface area contributed by atoms with Crippen LogP contribution in [0.3, 0.4) is 0 Å². The van der Waals surface area contributed by atoms with Crippen LogP contribution in [0.5, 0.6) is 17.2 Å². The number of phenolic OH excluding ortho intramolecular Hbond substituents is 2. The summed E-state index contributed by atoms with van der Waals surface area (Å²) in [6.07, 6.45) is 0. The molecule has 55 heavy (non-hydrogen) atoms. The second-order valence-electron chi connectivity index (χ2n) is 12.2. The molecule has 2 amide bonds. The number of carboxylic acid groups (broad SMARTS) is 1. The Morgan fingerprint density at radius 1 is 0.782 bits per heavy atom. The number of carbonyl (C=O) groups excluding carboxylic acids is 2. The molecule has 0 bridgehead atoms. The number of azo groups is 3. The van der Waals surface area contributed by atoms with Crippen molar-refractivity contribution in [3.05, 3.63) is 114 Å². The topological polar surface area (TPSA) is 237 Å². The van der Waals surface area contributed by atoms with Crippen LogP contribution < -0.4 is 15.5 Å². The number of carboxylic acids is 1. The van der Waals surface area contributed by atoms with Crippen LogP contribution in [0, 0.1) is 6.92 Å². The Kier molecular flexibility index (Phi) is 9.45. The fraction of sp³-hybridized carbons (Fsp3) is 0.0769. The van der Waals surface area contributed by atoms with Crippen LogP contribution >= 0.6 is 0 Å². The molecule has 0 aromatic heterocycles. The average Bonchev–Trinajstić information content (AvgIpc) is 3.52. The number of aromatic hydroxyl groups is 2. The van der Waals surface area contributed by atoms with E-state index >= 15 is 0 Å². The van der Waals surface area contributed by atoms with Gasteiger partial charge in [0.25, 0.3) is 11.8 Å². The van der Waals surface area contributed by atoms with Crippen molar-refractivity contribution in [1.29, 1.82) is 0 Å². The maximum Gasteiger partial charge on any atom is 0.335 e. The molecule has 6 aromatic carbocycles. The zero-order valence-corrected chi connectivity index (χ0v) is 29.0. The molecule has 1 aliphatic heterocycles. The van der Waals surface area contributed by atoms with E-state index in [4.69, 9.17) is 15.6 Å². The molecular formula is C39H29N9O7. The van der Waals surface area contributed by atoms with E-state index in [1.165, 1.54) is 31.4 Å². The Hall–Kier alpha value is -7.88. The lowest BCUT2D eigenvalue weighted by Gasteiger charge is -2.12. The summed E-state index contributed by atoms with van der Waals surface area (Å²) < 4.78 is 5.56. The molecule has 5 N–H and O–H groups in total. The van der Waals surface area contributed by atoms with Crippen molar-refractivity contribution < 1.29 is 34.4 Å². The summed E-state index contributed by atoms with van der Waals surface area (Å²) in [5.74, 6) is -2.50. The number of nitrogens with two attached hydrogens (primary N) is 1. The molecule has 0 fully saturated rings. The molecule has 1 atom stereocenters. The average molecular weight is 736 g/mol. The van der Waals surface area contributed by atoms with Crippen LogP contribution in [0.4, 0.5) is 34.1 Å². The lowest BCUT2D eigenvalue weighted by molar-refractivity contribution is -0.118. The summed E-state index contributed by atoms with van der Waals surface area (Å²) in [5, 5.41) is 63.6. The van der Waals surface area contributed by atoms with Crippen LogP contribution in [0.25, 0.3) is 21.5 Å². The van der Waals surface area contributed by atoms with Crippen molar-refractivity contribution in [3.8, 4) is 17.2 Å². The second kappa shape index (κ2) is 14.6. The molecule has 0 saturated carbocycles. The number of primary amides is 1. The van der Waals surface area contributed by atoms with Crippen LogP contribution in [0.15, 0.2) is 139 Å². The number of ether oxygens (including phenoxy) is 1. The van der Waals surface area contributed by atoms with Gasteiger partial charge in [0.15, 0.2) is 11.5 Å². The predicted molar refractivity (Wildman–Crippen MR) is 203 cm³/mol. The van der Waals surface area contributed by atoms with Gasteiger partial charge in [-0.3, -0.25) is 9.59 Å². The first-order chi connectivity index (χ1) is 26.5. The number of hydrazone groups is 1. The number of aryl methyl sites for hydroxylation is 1. The van der Waals surface area contributed by atoms with Crippen molar-refractivity contribution in [2.75, 3.05) is 12.1 Å². The fourth-order valence-corrected chi connectivity index (χ4v) is 5.83. The predicted octanol–water partition coefficient (Wildman–Crippen LogP) is 8.59. The van der Waals surface area contributed by atoms with E-state index in [0.717, 1.165) is 16.0 Å². The second-order valence-corrected chi connectivity index (χ2v) is 12.2. The zero-order chi connectivity index (χ0) is 38.8. The maximum atomic E-state index is 13.2. The number of aromatic carboxylic acids is 1. The normalized spacial score (nSPS) is 14.5. The lowest BCUT2D eigenvalue weighted by atomic mass is 10.1. The Bertz CT molecular complexity index is 2670. The highest BCUT2D eigenvalue weighted by Gasteiger charge is 2.40. The molecule has 1 heterocycles. The molecule has 0 aliphatic carbocycles. The van der Waals surface area contributed by atoms with Gasteiger partial charge < -0.3 is 25.8 Å². The summed E-state index contributed by atoms with van der Waals surface area (Å²) in [5.41, 5.74) is 7.97. The van der Waals surface area contributed by atoms with Gasteiger partial charge in [0.2, 0.25) is 6.04 Å². The molecule has 272 valence electrons. The number of amides is 2. The van der Waals surface area contributed by atoms with Gasteiger partial charge in [-0.25, -0.2) is 4.79 Å². The SMILES string of the molecule is COc1cc(N=Nc2cccc3cccc(O)c23)c(C)cc1N=Nc1ccc2cc(N=NC3C(=O)N(c4ccc(C(=O)O)cc4)N=C3C(N)=O)ccc2c1O. The Labute approximate surface area is 311 Å². The lowest BCUT2D eigenvalue weighted by Crippen LogP contribution is -2.35. The highest BCUT2D eigenvalue weighted by atomic mass is 16.5. The van der Waals surface area contributed by atoms with Gasteiger partial charge in [0.05, 0.1) is 40.8 Å². The Balaban J connectivity index is 1.10. The van der Waals surface area contributed by atoms with Crippen molar-refractivity contribution in [3.63, 3.8) is 0 Å². The van der Waals surface area contributed by atoms with Crippen LogP contribution in [0.1, 0.15) is 15.9 Å². The third-order valence-electron chi connectivity index (χ3n) is 8.65. The number of phenols is 2. The summed E-state index contributed by atoms with van der Waals surface area (Å²) in [4.78, 5) is 36.5. The number of nitrogens with zero attached hydrogens (tertiary/aromatic N) is 8. The van der Waals surface area contributed by atoms with E-state index in [1.807, 2.05) is 25.1 Å². The number of benzene rings is 6. The quantitative estimate of drug-likeness (QED) is 0.0998. The largest absolute Gasteiger partial charge is 0.507 e. The Morgan fingerprint density at radius 3 is 2.22 bits per heavy atom. The van der Waals surface area contributed by atoms with Gasteiger partial charge >= 0.3 is 5.97 Å². The first kappa shape index (κ1) is 35.5. The highest BCUT2D eigenvalue weighted by molar-refractivity contribution is 6.47. The number of rotatable bonds is 10. The smallest absolute Gasteiger partial charge is 0.335 e. The number of hydrogen-bond donors (Lipinski definition) is 4. The van der Waals surface area contributed by atoms with Gasteiger partial charge in [-0.05, 0) is 90.0 Å². The molecule has 1 unspecified atom stereocenters. The summed E-state index contributed by atoms with van der Waals surface area (Å²) in [6.45, 7) is 1.83. The number of carbonyl (C=O) groups is 3. The minimum atomic E-state index is -1.43. The summed E-state index contributed by atoms with van der Waals surface area (Å²) in [7, 11) is 1.48. The van der Waals surface area contributed by atoms with E-state index in [2.05, 4.69) is 35.8 Å². The monoisotopic (exact) mass is 735 g/mol. The maximum absolute atomic E-state index is 13.2. The summed E-state index contributed by atoms with van der Waals surface area (Å²) in [6, 6.07) is 26.0. The number of hydrogen-bond acceptors (Lipinski definition) is 13. The van der Waals surface area contributed by atoms with Crippen LogP contribution in [0.2, 0.25) is 0 Å². The minimum absolute atomic E-state index is 0.00502. The van der Waals surface area contributed by atoms with Crippen LogP contribution in [-0.2, 0) is 9.59 Å². The third-order valence-corrected chi connectivity index (χ3v) is 8.65. The zero-order valence-electron chi connectivity index (χ0n) is 29.0. The van der Waals surface area contributed by atoms with Crippen molar-refractivity contribution >= 4 is 79.2 Å². The van der Waals surface area contributed by atoms with Gasteiger partial charge in [0, 0.05) is 11.5 Å². The fourth-order valence-electron chi connectivity index (χ4n) is 5.83. The number of fused-ring (bicyclic) bond motifs is 2. The molecule has 0 spiro atoms. The van der Waals surface area contributed by atoms with Gasteiger partial charge in [-0.15, -0.1) is 15.3 Å². The van der Waals surface area contributed by atoms with Gasteiger partial charge in [-0.2, -0.15) is 25.5 Å².